The monoisotopic (exact) mass is 536 g/mol. The second-order valence-electron chi connectivity index (χ2n) is 8.39. The van der Waals surface area contributed by atoms with Gasteiger partial charge in [0, 0.05) is 10.9 Å². The summed E-state index contributed by atoms with van der Waals surface area (Å²) in [4.78, 5) is 17.6. The largest absolute Gasteiger partial charge is 0.416 e. The van der Waals surface area contributed by atoms with Crippen LogP contribution in [0.1, 0.15) is 22.3 Å². The fourth-order valence-electron chi connectivity index (χ4n) is 3.97. The molecule has 2 aliphatic rings. The number of hydrogen-bond donors (Lipinski definition) is 0. The molecule has 0 aliphatic carbocycles. The van der Waals surface area contributed by atoms with E-state index in [4.69, 9.17) is 0 Å². The Labute approximate surface area is 201 Å². The van der Waals surface area contributed by atoms with Gasteiger partial charge < -0.3 is 4.90 Å². The number of anilines is 1. The molecule has 188 valence electrons. The summed E-state index contributed by atoms with van der Waals surface area (Å²) in [7, 11) is -3.57. The molecule has 2 aromatic rings. The third kappa shape index (κ3) is 5.66. The maximum Gasteiger partial charge on any atom is 0.416 e. The Morgan fingerprint density at radius 2 is 1.57 bits per heavy atom. The quantitative estimate of drug-likeness (QED) is 0.524. The number of aliphatic imine (C=N–C) groups is 1. The van der Waals surface area contributed by atoms with Gasteiger partial charge in [0.15, 0.2) is 15.0 Å². The molecule has 1 amide bonds. The number of rotatable bonds is 3. The zero-order valence-corrected chi connectivity index (χ0v) is 19.7. The van der Waals surface area contributed by atoms with Crippen LogP contribution in [0.3, 0.4) is 0 Å². The summed E-state index contributed by atoms with van der Waals surface area (Å²) >= 11 is 0.868. The van der Waals surface area contributed by atoms with Gasteiger partial charge in [-0.2, -0.15) is 31.3 Å². The number of halogens is 6. The molecule has 2 saturated heterocycles. The van der Waals surface area contributed by atoms with Gasteiger partial charge in [-0.25, -0.2) is 8.42 Å². The topological polar surface area (TPSA) is 66.8 Å². The molecule has 0 bridgehead atoms. The van der Waals surface area contributed by atoms with E-state index in [-0.39, 0.29) is 23.4 Å². The Kier molecular flexibility index (Phi) is 6.45. The predicted octanol–water partition coefficient (Wildman–Crippen LogP) is 4.88. The molecule has 2 aliphatic heterocycles. The predicted molar refractivity (Wildman–Crippen MR) is 120 cm³/mol. The van der Waals surface area contributed by atoms with E-state index >= 15 is 0 Å². The summed E-state index contributed by atoms with van der Waals surface area (Å²) < 4.78 is 105. The van der Waals surface area contributed by atoms with E-state index in [2.05, 4.69) is 4.99 Å². The number of amidine groups is 1. The summed E-state index contributed by atoms with van der Waals surface area (Å²) in [6.45, 7) is 1.86. The second-order valence-corrected chi connectivity index (χ2v) is 11.7. The molecule has 4 rings (SSSR count). The first-order valence-corrected chi connectivity index (χ1v) is 13.0. The van der Waals surface area contributed by atoms with Crippen molar-refractivity contribution in [3.63, 3.8) is 0 Å². The number of aryl methyl sites for hydroxylation is 1. The number of alkyl halides is 6. The molecular formula is C22H18F6N2O3S2. The average Bonchev–Trinajstić information content (AvgIpc) is 3.18. The molecule has 0 N–H and O–H groups in total. The van der Waals surface area contributed by atoms with Crippen molar-refractivity contribution in [2.24, 2.45) is 4.99 Å². The lowest BCUT2D eigenvalue weighted by atomic mass is 10.1. The number of thioether (sulfide) groups is 1. The van der Waals surface area contributed by atoms with Crippen molar-refractivity contribution in [3.8, 4) is 0 Å². The van der Waals surface area contributed by atoms with Crippen LogP contribution in [0.5, 0.6) is 0 Å². The van der Waals surface area contributed by atoms with Crippen molar-refractivity contribution < 1.29 is 39.6 Å². The number of benzene rings is 2. The summed E-state index contributed by atoms with van der Waals surface area (Å²) in [6.07, 6.45) is -10.3. The Bertz CT molecular complexity index is 1260. The van der Waals surface area contributed by atoms with Crippen molar-refractivity contribution in [1.29, 1.82) is 0 Å². The number of nitrogens with zero attached hydrogens (tertiary/aromatic N) is 2. The molecule has 0 spiro atoms. The molecule has 2 heterocycles. The molecule has 0 aromatic heterocycles. The van der Waals surface area contributed by atoms with E-state index < -0.39 is 62.0 Å². The van der Waals surface area contributed by atoms with E-state index in [0.717, 1.165) is 22.2 Å². The van der Waals surface area contributed by atoms with Crippen molar-refractivity contribution >= 4 is 38.4 Å². The lowest BCUT2D eigenvalue weighted by molar-refractivity contribution is -0.143. The van der Waals surface area contributed by atoms with Crippen LogP contribution < -0.4 is 4.90 Å². The number of sulfone groups is 1. The normalized spacial score (nSPS) is 23.1. The van der Waals surface area contributed by atoms with Crippen molar-refractivity contribution in [1.82, 2.24) is 0 Å². The number of fused-ring (bicyclic) bond motifs is 1. The van der Waals surface area contributed by atoms with Gasteiger partial charge in [0.05, 0.1) is 35.1 Å². The zero-order valence-electron chi connectivity index (χ0n) is 18.0. The Morgan fingerprint density at radius 3 is 2.11 bits per heavy atom. The van der Waals surface area contributed by atoms with Crippen molar-refractivity contribution in [2.45, 2.75) is 37.0 Å². The molecule has 2 aromatic carbocycles. The van der Waals surface area contributed by atoms with Gasteiger partial charge in [-0.15, -0.1) is 0 Å². The van der Waals surface area contributed by atoms with Gasteiger partial charge in [-0.3, -0.25) is 4.79 Å². The Balaban J connectivity index is 1.77. The molecule has 13 heteroatoms. The molecule has 2 atom stereocenters. The average molecular weight is 537 g/mol. The highest BCUT2D eigenvalue weighted by Crippen LogP contribution is 2.44. The molecule has 0 saturated carbocycles. The van der Waals surface area contributed by atoms with E-state index in [1.165, 1.54) is 0 Å². The fraction of sp³-hybridized carbons (Fsp3) is 0.364. The van der Waals surface area contributed by atoms with Crippen LogP contribution in [0.2, 0.25) is 0 Å². The summed E-state index contributed by atoms with van der Waals surface area (Å²) in [5.74, 6) is -1.46. The fourth-order valence-corrected chi connectivity index (χ4v) is 7.90. The van der Waals surface area contributed by atoms with Crippen LogP contribution in [0.25, 0.3) is 0 Å². The van der Waals surface area contributed by atoms with E-state index in [1.54, 1.807) is 24.3 Å². The van der Waals surface area contributed by atoms with E-state index in [9.17, 15) is 39.6 Å². The van der Waals surface area contributed by atoms with Gasteiger partial charge >= 0.3 is 12.4 Å². The van der Waals surface area contributed by atoms with Crippen molar-refractivity contribution in [2.75, 3.05) is 16.4 Å². The number of carbonyl (C=O) groups is 1. The maximum atomic E-state index is 13.4. The van der Waals surface area contributed by atoms with Gasteiger partial charge in [-0.05, 0) is 30.7 Å². The summed E-state index contributed by atoms with van der Waals surface area (Å²) in [5.41, 5.74) is -2.01. The van der Waals surface area contributed by atoms with Crippen molar-refractivity contribution in [3.05, 3.63) is 64.7 Å². The SMILES string of the molecule is Cc1ccc(CC(=O)N=C2S[C@H]3CS(=O)(=O)C[C@H]3N2c2cc(C(F)(F)F)cc(C(F)(F)F)c2)cc1. The van der Waals surface area contributed by atoms with E-state index in [1.807, 2.05) is 6.92 Å². The third-order valence-corrected chi connectivity index (χ3v) is 8.82. The highest BCUT2D eigenvalue weighted by molar-refractivity contribution is 8.16. The van der Waals surface area contributed by atoms with Crippen LogP contribution in [-0.4, -0.2) is 42.3 Å². The number of hydrogen-bond acceptors (Lipinski definition) is 4. The Hall–Kier alpha value is -2.54. The summed E-state index contributed by atoms with van der Waals surface area (Å²) in [5, 5.41) is -0.811. The molecular weight excluding hydrogens is 518 g/mol. The van der Waals surface area contributed by atoms with Crippen LogP contribution >= 0.6 is 11.8 Å². The van der Waals surface area contributed by atoms with Crippen LogP contribution in [0, 0.1) is 6.92 Å². The first kappa shape index (κ1) is 25.5. The highest BCUT2D eigenvalue weighted by atomic mass is 32.2. The highest BCUT2D eigenvalue weighted by Gasteiger charge is 2.50. The van der Waals surface area contributed by atoms with Gasteiger partial charge in [0.2, 0.25) is 0 Å². The lowest BCUT2D eigenvalue weighted by Gasteiger charge is -2.26. The number of amides is 1. The second kappa shape index (κ2) is 8.84. The molecule has 35 heavy (non-hydrogen) atoms. The zero-order chi connectivity index (χ0) is 25.8. The lowest BCUT2D eigenvalue weighted by Crippen LogP contribution is -2.38. The minimum atomic E-state index is -5.08. The molecule has 5 nitrogen and oxygen atoms in total. The van der Waals surface area contributed by atoms with Crippen LogP contribution in [-0.2, 0) is 33.4 Å². The van der Waals surface area contributed by atoms with Gasteiger partial charge in [-0.1, -0.05) is 41.6 Å². The maximum absolute atomic E-state index is 13.4. The summed E-state index contributed by atoms with van der Waals surface area (Å²) in [6, 6.07) is 7.04. The minimum absolute atomic E-state index is 0.00501. The van der Waals surface area contributed by atoms with Gasteiger partial charge in [0.25, 0.3) is 5.91 Å². The molecule has 2 fully saturated rings. The first-order valence-electron chi connectivity index (χ1n) is 10.3. The smallest absolute Gasteiger partial charge is 0.316 e. The standard InChI is InChI=1S/C22H18F6N2O3S2/c1-12-2-4-13(5-3-12)6-19(31)29-20-30(17-10-35(32,33)11-18(17)34-20)16-8-14(21(23,24)25)7-15(9-16)22(26,27)28/h2-5,7-9,17-18H,6,10-11H2,1H3/t17-,18+/m1/s1. The molecule has 0 radical (unpaired) electrons. The first-order chi connectivity index (χ1) is 16.1. The third-order valence-electron chi connectivity index (χ3n) is 5.61. The van der Waals surface area contributed by atoms with Gasteiger partial charge in [0.1, 0.15) is 0 Å². The van der Waals surface area contributed by atoms with Crippen LogP contribution in [0.15, 0.2) is 47.5 Å². The molecule has 0 unspecified atom stereocenters. The van der Waals surface area contributed by atoms with E-state index in [0.29, 0.717) is 17.7 Å². The number of carbonyl (C=O) groups excluding carboxylic acids is 1. The van der Waals surface area contributed by atoms with Crippen LogP contribution in [0.4, 0.5) is 32.0 Å². The Morgan fingerprint density at radius 1 is 1.00 bits per heavy atom. The minimum Gasteiger partial charge on any atom is -0.316 e.